The number of nitrogens with zero attached hydrogens (tertiary/aromatic N) is 4. The first-order valence-corrected chi connectivity index (χ1v) is 13.3. The Labute approximate surface area is 218 Å². The molecule has 2 N–H and O–H groups in total. The zero-order valence-electron chi connectivity index (χ0n) is 21.7. The Hall–Kier alpha value is -2.84. The molecule has 0 radical (unpaired) electrons. The minimum atomic E-state index is 0.0387. The third kappa shape index (κ3) is 5.30. The molecule has 1 fully saturated rings. The van der Waals surface area contributed by atoms with E-state index in [2.05, 4.69) is 21.4 Å². The van der Waals surface area contributed by atoms with E-state index in [1.54, 1.807) is 11.6 Å². The maximum atomic E-state index is 12.2. The third-order valence-corrected chi connectivity index (χ3v) is 7.42. The summed E-state index contributed by atoms with van der Waals surface area (Å²) in [5, 5.41) is 17.9. The predicted octanol–water partition coefficient (Wildman–Crippen LogP) is 4.38. The first-order valence-electron chi connectivity index (χ1n) is 12.9. The van der Waals surface area contributed by atoms with Crippen LogP contribution in [0.1, 0.15) is 45.6 Å². The van der Waals surface area contributed by atoms with Crippen LogP contribution in [0, 0.1) is 5.41 Å². The number of rotatable bonds is 4. The number of amides is 1. The van der Waals surface area contributed by atoms with E-state index < -0.39 is 0 Å². The van der Waals surface area contributed by atoms with Crippen molar-refractivity contribution in [2.45, 2.75) is 52.5 Å². The molecule has 194 valence electrons. The van der Waals surface area contributed by atoms with E-state index in [4.69, 9.17) is 16.3 Å². The Morgan fingerprint density at radius 3 is 2.72 bits per heavy atom. The van der Waals surface area contributed by atoms with Crippen molar-refractivity contribution in [1.82, 2.24) is 20.0 Å². The number of hydrogen-bond acceptors (Lipinski definition) is 5. The number of halogens is 1. The van der Waals surface area contributed by atoms with Crippen molar-refractivity contribution in [2.75, 3.05) is 37.7 Å². The smallest absolute Gasteiger partial charge is 0.219 e. The zero-order valence-corrected chi connectivity index (χ0v) is 22.5. The fraction of sp³-hybridized carbons (Fsp3) is 0.519. The summed E-state index contributed by atoms with van der Waals surface area (Å²) >= 11 is 6.91. The number of benzene rings is 1. The predicted molar refractivity (Wildman–Crippen MR) is 145 cm³/mol. The summed E-state index contributed by atoms with van der Waals surface area (Å²) < 4.78 is 7.32. The first kappa shape index (κ1) is 26.2. The highest BCUT2D eigenvalue weighted by Crippen LogP contribution is 2.40. The van der Waals surface area contributed by atoms with Crippen LogP contribution in [0.4, 0.5) is 5.69 Å². The lowest BCUT2D eigenvalue weighted by Gasteiger charge is -2.37. The maximum Gasteiger partial charge on any atom is 0.219 e. The molecule has 0 spiro atoms. The minimum absolute atomic E-state index is 0.0387. The molecule has 0 unspecified atom stereocenters. The molecule has 1 aromatic carbocycles. The summed E-state index contributed by atoms with van der Waals surface area (Å²) in [7, 11) is 1.89. The van der Waals surface area contributed by atoms with E-state index in [-0.39, 0.29) is 11.9 Å². The van der Waals surface area contributed by atoms with Gasteiger partial charge in [0.25, 0.3) is 0 Å². The van der Waals surface area contributed by atoms with Crippen molar-refractivity contribution in [3.05, 3.63) is 46.4 Å². The molecule has 1 amide bonds. The fourth-order valence-electron chi connectivity index (χ4n) is 5.12. The molecule has 1 aromatic heterocycles. The van der Waals surface area contributed by atoms with Gasteiger partial charge in [-0.3, -0.25) is 14.9 Å². The van der Waals surface area contributed by atoms with Gasteiger partial charge in [0.1, 0.15) is 5.84 Å². The van der Waals surface area contributed by atoms with Crippen molar-refractivity contribution in [1.29, 1.82) is 5.41 Å². The topological polar surface area (TPSA) is 86.5 Å². The van der Waals surface area contributed by atoms with Gasteiger partial charge in [-0.2, -0.15) is 5.10 Å². The van der Waals surface area contributed by atoms with Crippen molar-refractivity contribution in [3.63, 3.8) is 0 Å². The van der Waals surface area contributed by atoms with Gasteiger partial charge in [-0.15, -0.1) is 0 Å². The second-order valence-corrected chi connectivity index (χ2v) is 9.66. The van der Waals surface area contributed by atoms with Crippen LogP contribution in [0.25, 0.3) is 11.1 Å². The fourth-order valence-corrected chi connectivity index (χ4v) is 5.48. The zero-order chi connectivity index (χ0) is 25.8. The van der Waals surface area contributed by atoms with Crippen LogP contribution in [0.3, 0.4) is 0 Å². The Morgan fingerprint density at radius 2 is 2.06 bits per heavy atom. The molecule has 5 rings (SSSR count). The van der Waals surface area contributed by atoms with Gasteiger partial charge in [-0.05, 0) is 30.9 Å². The second-order valence-electron chi connectivity index (χ2n) is 9.28. The van der Waals surface area contributed by atoms with Gasteiger partial charge in [0, 0.05) is 74.4 Å². The molecule has 1 atom stereocenters. The number of anilines is 1. The number of carbonyl (C=O) groups is 1. The summed E-state index contributed by atoms with van der Waals surface area (Å²) in [5.74, 6) is 0.482. The summed E-state index contributed by atoms with van der Waals surface area (Å²) in [5.41, 5.74) is 5.93. The number of fused-ring (bicyclic) bond motifs is 1. The highest BCUT2D eigenvalue weighted by Gasteiger charge is 2.31. The van der Waals surface area contributed by atoms with Gasteiger partial charge in [-0.1, -0.05) is 31.5 Å². The SMILES string of the molecule is CC.CC(=O)N1CCC(N[C@H]2CCOC2)=C(C(=N)N2CCCc3c2ccc(-c2cnn(C)c2)c3Cl)C1. The standard InChI is InChI=1S/C25H31ClN6O2.C2H6/c1-16(33)31-10-7-22(29-18-8-11-34-15-18)21(14-31)25(27)32-9-3-4-20-23(32)6-5-19(24(20)26)17-12-28-30(2)13-17;1-2/h5-6,12-13,18,27,29H,3-4,7-11,14-15H2,1-2H3;1-2H3/t18-;/m0./s1. The van der Waals surface area contributed by atoms with Crippen LogP contribution in [-0.2, 0) is 23.0 Å². The second kappa shape index (κ2) is 11.5. The Morgan fingerprint density at radius 1 is 1.25 bits per heavy atom. The summed E-state index contributed by atoms with van der Waals surface area (Å²) in [6, 6.07) is 4.35. The highest BCUT2D eigenvalue weighted by atomic mass is 35.5. The Bertz CT molecular complexity index is 1150. The molecule has 1 saturated heterocycles. The van der Waals surface area contributed by atoms with E-state index in [1.807, 2.05) is 44.3 Å². The van der Waals surface area contributed by atoms with Gasteiger partial charge in [0.15, 0.2) is 0 Å². The molecule has 0 bridgehead atoms. The van der Waals surface area contributed by atoms with Crippen LogP contribution < -0.4 is 10.2 Å². The lowest BCUT2D eigenvalue weighted by Crippen LogP contribution is -2.46. The molecular weight excluding hydrogens is 476 g/mol. The summed E-state index contributed by atoms with van der Waals surface area (Å²) in [6.45, 7) is 8.89. The normalized spacial score (nSPS) is 19.5. The average Bonchev–Trinajstić information content (AvgIpc) is 3.57. The van der Waals surface area contributed by atoms with Gasteiger partial charge in [0.2, 0.25) is 5.91 Å². The molecule has 0 aliphatic carbocycles. The molecular formula is C27H37ClN6O2. The number of hydrogen-bond donors (Lipinski definition) is 2. The molecule has 3 aliphatic rings. The molecule has 4 heterocycles. The van der Waals surface area contributed by atoms with Crippen LogP contribution in [0.5, 0.6) is 0 Å². The average molecular weight is 513 g/mol. The van der Waals surface area contributed by atoms with E-state index in [0.717, 1.165) is 77.5 Å². The van der Waals surface area contributed by atoms with Crippen LogP contribution in [0.15, 0.2) is 35.8 Å². The lowest BCUT2D eigenvalue weighted by atomic mass is 9.95. The molecule has 0 saturated carbocycles. The van der Waals surface area contributed by atoms with Gasteiger partial charge < -0.3 is 19.9 Å². The molecule has 2 aromatic rings. The van der Waals surface area contributed by atoms with E-state index in [9.17, 15) is 10.2 Å². The number of amidine groups is 1. The molecule has 36 heavy (non-hydrogen) atoms. The van der Waals surface area contributed by atoms with Crippen LogP contribution in [-0.4, -0.2) is 65.3 Å². The maximum absolute atomic E-state index is 12.2. The quantitative estimate of drug-likeness (QED) is 0.469. The Balaban J connectivity index is 0.00000148. The van der Waals surface area contributed by atoms with Crippen LogP contribution >= 0.6 is 11.6 Å². The summed E-state index contributed by atoms with van der Waals surface area (Å²) in [6.07, 6.45) is 7.24. The highest BCUT2D eigenvalue weighted by molar-refractivity contribution is 6.34. The number of nitrogens with one attached hydrogen (secondary N) is 2. The largest absolute Gasteiger partial charge is 0.383 e. The third-order valence-electron chi connectivity index (χ3n) is 6.99. The van der Waals surface area contributed by atoms with Gasteiger partial charge >= 0.3 is 0 Å². The van der Waals surface area contributed by atoms with E-state index >= 15 is 0 Å². The van der Waals surface area contributed by atoms with Crippen LogP contribution in [0.2, 0.25) is 5.02 Å². The van der Waals surface area contributed by atoms with E-state index in [0.29, 0.717) is 25.5 Å². The Kier molecular flexibility index (Phi) is 8.36. The first-order chi connectivity index (χ1) is 17.4. The summed E-state index contributed by atoms with van der Waals surface area (Å²) in [4.78, 5) is 16.0. The van der Waals surface area contributed by atoms with Gasteiger partial charge in [-0.25, -0.2) is 0 Å². The molecule has 8 nitrogen and oxygen atoms in total. The number of aromatic nitrogens is 2. The molecule has 3 aliphatic heterocycles. The number of carbonyl (C=O) groups excluding carboxylic acids is 1. The minimum Gasteiger partial charge on any atom is -0.383 e. The number of aryl methyl sites for hydroxylation is 1. The number of ether oxygens (including phenoxy) is 1. The van der Waals surface area contributed by atoms with Crippen molar-refractivity contribution in [2.24, 2.45) is 7.05 Å². The van der Waals surface area contributed by atoms with Gasteiger partial charge in [0.05, 0.1) is 30.4 Å². The molecule has 9 heteroatoms. The van der Waals surface area contributed by atoms with Crippen molar-refractivity contribution in [3.8, 4) is 11.1 Å². The van der Waals surface area contributed by atoms with Crippen molar-refractivity contribution >= 4 is 29.0 Å². The van der Waals surface area contributed by atoms with Crippen molar-refractivity contribution < 1.29 is 9.53 Å². The lowest BCUT2D eigenvalue weighted by molar-refractivity contribution is -0.128. The van der Waals surface area contributed by atoms with E-state index in [1.165, 1.54) is 0 Å². The monoisotopic (exact) mass is 512 g/mol.